The van der Waals surface area contributed by atoms with Crippen LogP contribution in [0, 0.1) is 6.92 Å². The summed E-state index contributed by atoms with van der Waals surface area (Å²) in [6.45, 7) is 2.19. The van der Waals surface area contributed by atoms with Crippen molar-refractivity contribution < 1.29 is 9.90 Å². The van der Waals surface area contributed by atoms with Gasteiger partial charge in [-0.25, -0.2) is 9.97 Å². The number of aromatic nitrogens is 2. The van der Waals surface area contributed by atoms with E-state index in [2.05, 4.69) is 31.2 Å². The summed E-state index contributed by atoms with van der Waals surface area (Å²) in [7, 11) is 0. The molecular weight excluding hydrogens is 250 g/mol. The van der Waals surface area contributed by atoms with E-state index in [1.807, 2.05) is 6.92 Å². The topological polar surface area (TPSA) is 75.1 Å². The van der Waals surface area contributed by atoms with Gasteiger partial charge in [0.1, 0.15) is 12.1 Å². The third kappa shape index (κ3) is 2.95. The van der Waals surface area contributed by atoms with Crippen LogP contribution >= 0.6 is 15.9 Å². The van der Waals surface area contributed by atoms with Gasteiger partial charge in [0.05, 0.1) is 16.6 Å². The molecule has 0 unspecified atom stereocenters. The number of nitrogens with one attached hydrogen (secondary N) is 1. The van der Waals surface area contributed by atoms with Gasteiger partial charge >= 0.3 is 5.97 Å². The summed E-state index contributed by atoms with van der Waals surface area (Å²) in [6.07, 6.45) is 1.50. The number of carbonyl (C=O) groups is 1. The summed E-state index contributed by atoms with van der Waals surface area (Å²) in [5.41, 5.74) is 0.817. The molecule has 1 aromatic rings. The maximum Gasteiger partial charge on any atom is 0.305 e. The Morgan fingerprint density at radius 3 is 3.00 bits per heavy atom. The zero-order valence-electron chi connectivity index (χ0n) is 7.62. The number of carboxylic acid groups (broad SMARTS) is 1. The summed E-state index contributed by atoms with van der Waals surface area (Å²) in [5.74, 6) is -0.210. The molecule has 0 saturated heterocycles. The zero-order valence-corrected chi connectivity index (χ0v) is 9.21. The smallest absolute Gasteiger partial charge is 0.305 e. The Hall–Kier alpha value is -1.17. The molecule has 0 aliphatic rings. The fourth-order valence-electron chi connectivity index (χ4n) is 0.869. The summed E-state index contributed by atoms with van der Waals surface area (Å²) >= 11 is 3.31. The van der Waals surface area contributed by atoms with E-state index in [4.69, 9.17) is 5.11 Å². The van der Waals surface area contributed by atoms with Crippen molar-refractivity contribution in [1.29, 1.82) is 0 Å². The molecule has 0 radical (unpaired) electrons. The molecule has 0 aliphatic heterocycles. The van der Waals surface area contributed by atoms with Gasteiger partial charge in [0.15, 0.2) is 0 Å². The van der Waals surface area contributed by atoms with E-state index in [0.717, 1.165) is 10.2 Å². The second-order valence-corrected chi connectivity index (χ2v) is 3.49. The van der Waals surface area contributed by atoms with Crippen molar-refractivity contribution in [3.63, 3.8) is 0 Å². The third-order valence-electron chi connectivity index (χ3n) is 1.60. The largest absolute Gasteiger partial charge is 0.481 e. The van der Waals surface area contributed by atoms with Crippen molar-refractivity contribution in [3.8, 4) is 0 Å². The Balaban J connectivity index is 2.59. The summed E-state index contributed by atoms with van der Waals surface area (Å²) < 4.78 is 0.769. The van der Waals surface area contributed by atoms with Crippen molar-refractivity contribution in [1.82, 2.24) is 9.97 Å². The highest BCUT2D eigenvalue weighted by Crippen LogP contribution is 2.21. The van der Waals surface area contributed by atoms with Crippen molar-refractivity contribution in [2.75, 3.05) is 11.9 Å². The first-order valence-corrected chi connectivity index (χ1v) is 4.83. The van der Waals surface area contributed by atoms with Crippen LogP contribution in [0.25, 0.3) is 0 Å². The van der Waals surface area contributed by atoms with Gasteiger partial charge in [-0.05, 0) is 22.9 Å². The van der Waals surface area contributed by atoms with Gasteiger partial charge in [-0.1, -0.05) is 0 Å². The first-order chi connectivity index (χ1) is 6.61. The standard InChI is InChI=1S/C8H10BrN3O2/c1-5-7(9)8(12-4-11-5)10-3-2-6(13)14/h4H,2-3H2,1H3,(H,13,14)(H,10,11,12). The van der Waals surface area contributed by atoms with E-state index in [-0.39, 0.29) is 6.42 Å². The van der Waals surface area contributed by atoms with E-state index < -0.39 is 5.97 Å². The lowest BCUT2D eigenvalue weighted by atomic mass is 10.4. The molecule has 6 heteroatoms. The van der Waals surface area contributed by atoms with Crippen LogP contribution in [0.4, 0.5) is 5.82 Å². The summed E-state index contributed by atoms with van der Waals surface area (Å²) in [5, 5.41) is 11.3. The van der Waals surface area contributed by atoms with Crippen LogP contribution in [0.1, 0.15) is 12.1 Å². The van der Waals surface area contributed by atoms with Gasteiger partial charge in [-0.2, -0.15) is 0 Å². The molecule has 0 saturated carbocycles. The highest BCUT2D eigenvalue weighted by molar-refractivity contribution is 9.10. The average molecular weight is 260 g/mol. The van der Waals surface area contributed by atoms with E-state index in [1.165, 1.54) is 6.33 Å². The van der Waals surface area contributed by atoms with Crippen LogP contribution in [0.5, 0.6) is 0 Å². The van der Waals surface area contributed by atoms with Gasteiger partial charge in [-0.3, -0.25) is 4.79 Å². The fraction of sp³-hybridized carbons (Fsp3) is 0.375. The molecule has 0 spiro atoms. The second kappa shape index (κ2) is 4.90. The molecular formula is C8H10BrN3O2. The van der Waals surface area contributed by atoms with Crippen LogP contribution < -0.4 is 5.32 Å². The van der Waals surface area contributed by atoms with E-state index >= 15 is 0 Å². The van der Waals surface area contributed by atoms with Crippen LogP contribution in [0.2, 0.25) is 0 Å². The van der Waals surface area contributed by atoms with E-state index in [9.17, 15) is 4.79 Å². The average Bonchev–Trinajstić information content (AvgIpc) is 2.12. The Morgan fingerprint density at radius 1 is 1.64 bits per heavy atom. The minimum atomic E-state index is -0.834. The monoisotopic (exact) mass is 259 g/mol. The van der Waals surface area contributed by atoms with E-state index in [0.29, 0.717) is 12.4 Å². The van der Waals surface area contributed by atoms with Gasteiger partial charge in [0.25, 0.3) is 0 Å². The molecule has 0 aliphatic carbocycles. The number of halogens is 1. The van der Waals surface area contributed by atoms with E-state index in [1.54, 1.807) is 0 Å². The molecule has 1 aromatic heterocycles. The molecule has 0 fully saturated rings. The fourth-order valence-corrected chi connectivity index (χ4v) is 1.21. The van der Waals surface area contributed by atoms with Crippen LogP contribution in [-0.2, 0) is 4.79 Å². The van der Waals surface area contributed by atoms with Crippen LogP contribution in [0.3, 0.4) is 0 Å². The quantitative estimate of drug-likeness (QED) is 0.856. The predicted molar refractivity (Wildman–Crippen MR) is 55.2 cm³/mol. The number of nitrogens with zero attached hydrogens (tertiary/aromatic N) is 2. The molecule has 0 aromatic carbocycles. The maximum atomic E-state index is 10.3. The number of rotatable bonds is 4. The first kappa shape index (κ1) is 10.9. The van der Waals surface area contributed by atoms with Gasteiger partial charge < -0.3 is 10.4 Å². The molecule has 76 valence electrons. The van der Waals surface area contributed by atoms with Crippen molar-refractivity contribution >= 4 is 27.7 Å². The normalized spacial score (nSPS) is 9.86. The Bertz CT molecular complexity index is 343. The molecule has 1 rings (SSSR count). The molecule has 14 heavy (non-hydrogen) atoms. The first-order valence-electron chi connectivity index (χ1n) is 4.04. The van der Waals surface area contributed by atoms with Crippen LogP contribution in [-0.4, -0.2) is 27.6 Å². The number of anilines is 1. The Kier molecular flexibility index (Phi) is 3.82. The zero-order chi connectivity index (χ0) is 10.6. The predicted octanol–water partition coefficient (Wildman–Crippen LogP) is 1.43. The summed E-state index contributed by atoms with van der Waals surface area (Å²) in [4.78, 5) is 18.2. The van der Waals surface area contributed by atoms with Crippen molar-refractivity contribution in [2.45, 2.75) is 13.3 Å². The Labute approximate surface area is 89.7 Å². The van der Waals surface area contributed by atoms with Gasteiger partial charge in [-0.15, -0.1) is 0 Å². The highest BCUT2D eigenvalue weighted by Gasteiger charge is 2.04. The number of carboxylic acids is 1. The molecule has 0 bridgehead atoms. The second-order valence-electron chi connectivity index (χ2n) is 2.69. The lowest BCUT2D eigenvalue weighted by molar-refractivity contribution is -0.136. The van der Waals surface area contributed by atoms with Crippen molar-refractivity contribution in [2.24, 2.45) is 0 Å². The van der Waals surface area contributed by atoms with Gasteiger partial charge in [0.2, 0.25) is 0 Å². The molecule has 0 atom stereocenters. The number of aryl methyl sites for hydroxylation is 1. The lowest BCUT2D eigenvalue weighted by Crippen LogP contribution is -2.09. The Morgan fingerprint density at radius 2 is 2.36 bits per heavy atom. The molecule has 1 heterocycles. The lowest BCUT2D eigenvalue weighted by Gasteiger charge is -2.06. The minimum Gasteiger partial charge on any atom is -0.481 e. The summed E-state index contributed by atoms with van der Waals surface area (Å²) in [6, 6.07) is 0. The van der Waals surface area contributed by atoms with Crippen molar-refractivity contribution in [3.05, 3.63) is 16.5 Å². The SMILES string of the molecule is Cc1ncnc(NCCC(=O)O)c1Br. The molecule has 2 N–H and O–H groups in total. The minimum absolute atomic E-state index is 0.0650. The highest BCUT2D eigenvalue weighted by atomic mass is 79.9. The molecule has 5 nitrogen and oxygen atoms in total. The maximum absolute atomic E-state index is 10.3. The number of aliphatic carboxylic acids is 1. The third-order valence-corrected chi connectivity index (χ3v) is 2.54. The number of hydrogen-bond donors (Lipinski definition) is 2. The van der Waals surface area contributed by atoms with Crippen LogP contribution in [0.15, 0.2) is 10.8 Å². The number of hydrogen-bond acceptors (Lipinski definition) is 4. The molecule has 0 amide bonds. The van der Waals surface area contributed by atoms with Gasteiger partial charge in [0, 0.05) is 6.54 Å².